The van der Waals surface area contributed by atoms with E-state index in [4.69, 9.17) is 0 Å². The maximum atomic E-state index is 12.0. The predicted molar refractivity (Wildman–Crippen MR) is 96.2 cm³/mol. The molecule has 2 heterocycles. The van der Waals surface area contributed by atoms with Crippen LogP contribution in [0.15, 0.2) is 30.3 Å². The average molecular weight is 350 g/mol. The molecule has 1 amide bonds. The van der Waals surface area contributed by atoms with Crippen LogP contribution in [0.4, 0.5) is 0 Å². The molecule has 1 aromatic carbocycles. The first-order chi connectivity index (χ1) is 11.3. The molecule has 1 aliphatic rings. The summed E-state index contributed by atoms with van der Waals surface area (Å²) in [7, 11) is 1.87. The van der Waals surface area contributed by atoms with Crippen LogP contribution in [0.1, 0.15) is 31.0 Å². The van der Waals surface area contributed by atoms with Gasteiger partial charge in [-0.15, -0.1) is 12.4 Å². The third-order valence-electron chi connectivity index (χ3n) is 4.36. The minimum atomic E-state index is 0. The smallest absolute Gasteiger partial charge is 0.223 e. The molecule has 3 rings (SSSR count). The number of aromatic amines is 1. The Morgan fingerprint density at radius 2 is 2.00 bits per heavy atom. The molecule has 1 aromatic heterocycles. The molecule has 0 unspecified atom stereocenters. The summed E-state index contributed by atoms with van der Waals surface area (Å²) in [5, 5.41) is 10.4. The van der Waals surface area contributed by atoms with Crippen molar-refractivity contribution in [3.05, 3.63) is 36.2 Å². The molecule has 0 spiro atoms. The summed E-state index contributed by atoms with van der Waals surface area (Å²) in [6.07, 6.45) is 2.45. The van der Waals surface area contributed by atoms with Crippen LogP contribution < -0.4 is 5.32 Å². The van der Waals surface area contributed by atoms with Crippen LogP contribution in [0, 0.1) is 0 Å². The van der Waals surface area contributed by atoms with Gasteiger partial charge in [0.1, 0.15) is 5.82 Å². The van der Waals surface area contributed by atoms with E-state index in [0.29, 0.717) is 12.3 Å². The fraction of sp³-hybridized carbons (Fsp3) is 0.471. The number of nitrogens with zero attached hydrogens (tertiary/aromatic N) is 3. The quantitative estimate of drug-likeness (QED) is 0.868. The largest absolute Gasteiger partial charge is 0.343 e. The first-order valence-corrected chi connectivity index (χ1v) is 8.18. The highest BCUT2D eigenvalue weighted by atomic mass is 35.5. The number of piperidine rings is 1. The van der Waals surface area contributed by atoms with Gasteiger partial charge in [0.05, 0.1) is 0 Å². The number of halogens is 1. The Bertz CT molecular complexity index is 637. The summed E-state index contributed by atoms with van der Waals surface area (Å²) in [5.74, 6) is 2.27. The van der Waals surface area contributed by atoms with E-state index in [9.17, 15) is 4.79 Å². The number of carbonyl (C=O) groups is 1. The molecule has 2 aromatic rings. The molecule has 1 aliphatic heterocycles. The van der Waals surface area contributed by atoms with Crippen LogP contribution in [0.3, 0.4) is 0 Å². The molecule has 0 atom stereocenters. The molecule has 0 aliphatic carbocycles. The summed E-state index contributed by atoms with van der Waals surface area (Å²) in [6.45, 7) is 2.34. The van der Waals surface area contributed by atoms with E-state index in [1.807, 2.05) is 42.3 Å². The van der Waals surface area contributed by atoms with Crippen LogP contribution >= 0.6 is 12.4 Å². The zero-order valence-electron chi connectivity index (χ0n) is 13.9. The number of carbonyl (C=O) groups excluding carboxylic acids is 1. The lowest BCUT2D eigenvalue weighted by molar-refractivity contribution is -0.132. The molecule has 0 saturated carbocycles. The summed E-state index contributed by atoms with van der Waals surface area (Å²) in [4.78, 5) is 18.6. The number of nitrogens with one attached hydrogen (secondary N) is 2. The van der Waals surface area contributed by atoms with Crippen molar-refractivity contribution in [1.82, 2.24) is 25.4 Å². The standard InChI is InChI=1S/C17H23N5O.ClH/c1-18-10-7-15(23)22-11-8-14(9-12-22)17-19-16(20-21-17)13-5-3-2-4-6-13;/h2-6,14,18H,7-12H2,1H3,(H,19,20,21);1H. The van der Waals surface area contributed by atoms with Gasteiger partial charge in [0.2, 0.25) is 5.91 Å². The zero-order chi connectivity index (χ0) is 16.1. The lowest BCUT2D eigenvalue weighted by Crippen LogP contribution is -2.39. The SMILES string of the molecule is CNCCC(=O)N1CCC(c2nc(-c3ccccc3)n[nH]2)CC1.Cl. The summed E-state index contributed by atoms with van der Waals surface area (Å²) in [6, 6.07) is 9.98. The Labute approximate surface area is 148 Å². The van der Waals surface area contributed by atoms with Crippen LogP contribution in [-0.4, -0.2) is 52.7 Å². The van der Waals surface area contributed by atoms with Gasteiger partial charge in [0.25, 0.3) is 0 Å². The van der Waals surface area contributed by atoms with Crippen molar-refractivity contribution in [3.63, 3.8) is 0 Å². The van der Waals surface area contributed by atoms with E-state index in [1.165, 1.54) is 0 Å². The molecule has 6 nitrogen and oxygen atoms in total. The lowest BCUT2D eigenvalue weighted by Gasteiger charge is -2.31. The fourth-order valence-corrected chi connectivity index (χ4v) is 2.97. The highest BCUT2D eigenvalue weighted by molar-refractivity contribution is 5.85. The van der Waals surface area contributed by atoms with Gasteiger partial charge < -0.3 is 10.2 Å². The fourth-order valence-electron chi connectivity index (χ4n) is 2.97. The lowest BCUT2D eigenvalue weighted by atomic mass is 9.96. The molecule has 1 fully saturated rings. The van der Waals surface area contributed by atoms with Crippen molar-refractivity contribution in [2.24, 2.45) is 0 Å². The molecular weight excluding hydrogens is 326 g/mol. The number of likely N-dealkylation sites (tertiary alicyclic amines) is 1. The predicted octanol–water partition coefficient (Wildman–Crippen LogP) is 2.21. The number of benzene rings is 1. The minimum absolute atomic E-state index is 0. The van der Waals surface area contributed by atoms with Crippen molar-refractivity contribution in [2.45, 2.75) is 25.2 Å². The van der Waals surface area contributed by atoms with E-state index in [1.54, 1.807) is 0 Å². The van der Waals surface area contributed by atoms with Gasteiger partial charge in [0.15, 0.2) is 5.82 Å². The van der Waals surface area contributed by atoms with Gasteiger partial charge in [-0.25, -0.2) is 4.98 Å². The Morgan fingerprint density at radius 1 is 1.29 bits per heavy atom. The second-order valence-corrected chi connectivity index (χ2v) is 5.92. The van der Waals surface area contributed by atoms with Gasteiger partial charge in [0, 0.05) is 37.5 Å². The zero-order valence-corrected chi connectivity index (χ0v) is 14.7. The summed E-state index contributed by atoms with van der Waals surface area (Å²) < 4.78 is 0. The van der Waals surface area contributed by atoms with E-state index in [-0.39, 0.29) is 18.3 Å². The number of hydrogen-bond donors (Lipinski definition) is 2. The molecule has 0 bridgehead atoms. The van der Waals surface area contributed by atoms with E-state index in [2.05, 4.69) is 20.5 Å². The van der Waals surface area contributed by atoms with Gasteiger partial charge in [-0.2, -0.15) is 5.10 Å². The minimum Gasteiger partial charge on any atom is -0.343 e. The Morgan fingerprint density at radius 3 is 2.67 bits per heavy atom. The van der Waals surface area contributed by atoms with Crippen LogP contribution in [0.2, 0.25) is 0 Å². The first-order valence-electron chi connectivity index (χ1n) is 8.18. The first kappa shape index (κ1) is 18.4. The van der Waals surface area contributed by atoms with Crippen molar-refractivity contribution >= 4 is 18.3 Å². The van der Waals surface area contributed by atoms with Crippen molar-refractivity contribution < 1.29 is 4.79 Å². The third kappa shape index (κ3) is 4.33. The van der Waals surface area contributed by atoms with E-state index >= 15 is 0 Å². The number of aromatic nitrogens is 3. The number of H-pyrrole nitrogens is 1. The average Bonchev–Trinajstić information content (AvgIpc) is 3.11. The van der Waals surface area contributed by atoms with Crippen LogP contribution in [0.5, 0.6) is 0 Å². The number of rotatable bonds is 5. The van der Waals surface area contributed by atoms with Gasteiger partial charge >= 0.3 is 0 Å². The second-order valence-electron chi connectivity index (χ2n) is 5.92. The Hall–Kier alpha value is -1.92. The third-order valence-corrected chi connectivity index (χ3v) is 4.36. The number of amides is 1. The number of hydrogen-bond acceptors (Lipinski definition) is 4. The Balaban J connectivity index is 0.00000208. The molecular formula is C17H24ClN5O. The van der Waals surface area contributed by atoms with Crippen LogP contribution in [0.25, 0.3) is 11.4 Å². The molecule has 130 valence electrons. The van der Waals surface area contributed by atoms with Gasteiger partial charge in [-0.05, 0) is 19.9 Å². The molecule has 24 heavy (non-hydrogen) atoms. The molecule has 0 radical (unpaired) electrons. The molecule has 1 saturated heterocycles. The van der Waals surface area contributed by atoms with E-state index < -0.39 is 0 Å². The topological polar surface area (TPSA) is 73.9 Å². The summed E-state index contributed by atoms with van der Waals surface area (Å²) in [5.41, 5.74) is 1.02. The Kier molecular flexibility index (Phi) is 6.75. The van der Waals surface area contributed by atoms with Gasteiger partial charge in [-0.3, -0.25) is 9.89 Å². The maximum Gasteiger partial charge on any atom is 0.223 e. The van der Waals surface area contributed by atoms with Crippen molar-refractivity contribution in [1.29, 1.82) is 0 Å². The van der Waals surface area contributed by atoms with Crippen molar-refractivity contribution in [3.8, 4) is 11.4 Å². The highest BCUT2D eigenvalue weighted by Gasteiger charge is 2.25. The van der Waals surface area contributed by atoms with Gasteiger partial charge in [-0.1, -0.05) is 30.3 Å². The summed E-state index contributed by atoms with van der Waals surface area (Å²) >= 11 is 0. The second kappa shape index (κ2) is 8.80. The maximum absolute atomic E-state index is 12.0. The monoisotopic (exact) mass is 349 g/mol. The van der Waals surface area contributed by atoms with Crippen molar-refractivity contribution in [2.75, 3.05) is 26.7 Å². The molecule has 2 N–H and O–H groups in total. The highest BCUT2D eigenvalue weighted by Crippen LogP contribution is 2.27. The molecule has 7 heteroatoms. The van der Waals surface area contributed by atoms with Crippen LogP contribution in [-0.2, 0) is 4.79 Å². The normalized spacial score (nSPS) is 15.1. The van der Waals surface area contributed by atoms with E-state index in [0.717, 1.165) is 49.7 Å².